The normalized spacial score (nSPS) is 10.8. The minimum Gasteiger partial charge on any atom is -0.348 e. The molecule has 0 saturated carbocycles. The van der Waals surface area contributed by atoms with Crippen molar-refractivity contribution in [1.29, 1.82) is 0 Å². The van der Waals surface area contributed by atoms with Crippen LogP contribution in [0.5, 0.6) is 0 Å². The number of hydrogen-bond donors (Lipinski definition) is 0. The van der Waals surface area contributed by atoms with Gasteiger partial charge in [0.15, 0.2) is 5.82 Å². The zero-order valence-electron chi connectivity index (χ0n) is 10.9. The first-order chi connectivity index (χ1) is 9.88. The quantitative estimate of drug-likeness (QED) is 0.676. The Morgan fingerprint density at radius 3 is 2.85 bits per heavy atom. The Bertz CT molecular complexity index is 682. The molecule has 3 rings (SSSR count). The number of anilines is 1. The monoisotopic (exact) mass is 287 g/mol. The van der Waals surface area contributed by atoms with Gasteiger partial charge in [0.05, 0.1) is 0 Å². The molecule has 0 atom stereocenters. The maximum atomic E-state index is 5.93. The second-order valence-electron chi connectivity index (χ2n) is 4.41. The fourth-order valence-electron chi connectivity index (χ4n) is 2.13. The van der Waals surface area contributed by atoms with Crippen LogP contribution in [0.25, 0.3) is 5.65 Å². The molecule has 0 aliphatic carbocycles. The number of fused-ring (bicyclic) bond motifs is 1. The highest BCUT2D eigenvalue weighted by atomic mass is 35.5. The van der Waals surface area contributed by atoms with E-state index in [4.69, 9.17) is 11.6 Å². The molecule has 0 spiro atoms. The smallest absolute Gasteiger partial charge is 0.203 e. The molecule has 0 amide bonds. The molecule has 0 aliphatic rings. The van der Waals surface area contributed by atoms with Gasteiger partial charge in [-0.15, -0.1) is 21.8 Å². The summed E-state index contributed by atoms with van der Waals surface area (Å²) in [6.07, 6.45) is 5.25. The zero-order valence-corrected chi connectivity index (χ0v) is 11.6. The lowest BCUT2D eigenvalue weighted by molar-refractivity contribution is 0.814. The highest BCUT2D eigenvalue weighted by Crippen LogP contribution is 2.18. The fraction of sp³-hybridized carbons (Fsp3) is 0.214. The van der Waals surface area contributed by atoms with Crippen molar-refractivity contribution in [3.63, 3.8) is 0 Å². The Hall–Kier alpha value is -2.14. The van der Waals surface area contributed by atoms with Crippen molar-refractivity contribution in [3.05, 3.63) is 54.6 Å². The van der Waals surface area contributed by atoms with Gasteiger partial charge in [-0.3, -0.25) is 4.40 Å². The second kappa shape index (κ2) is 5.88. The molecule has 0 bridgehead atoms. The van der Waals surface area contributed by atoms with Gasteiger partial charge in [-0.1, -0.05) is 30.3 Å². The van der Waals surface area contributed by atoms with Gasteiger partial charge in [0.1, 0.15) is 6.33 Å². The Morgan fingerprint density at radius 1 is 1.20 bits per heavy atom. The highest BCUT2D eigenvalue weighted by molar-refractivity contribution is 6.18. The molecule has 0 aliphatic heterocycles. The molecule has 102 valence electrons. The lowest BCUT2D eigenvalue weighted by Gasteiger charge is -2.22. The van der Waals surface area contributed by atoms with Crippen LogP contribution in [0.2, 0.25) is 0 Å². The van der Waals surface area contributed by atoms with Crippen molar-refractivity contribution in [2.24, 2.45) is 0 Å². The summed E-state index contributed by atoms with van der Waals surface area (Å²) in [6, 6.07) is 10.2. The van der Waals surface area contributed by atoms with E-state index in [1.807, 2.05) is 28.8 Å². The molecule has 5 nitrogen and oxygen atoms in total. The molecule has 2 heterocycles. The van der Waals surface area contributed by atoms with E-state index in [0.29, 0.717) is 12.4 Å². The molecular formula is C14H14ClN5. The summed E-state index contributed by atoms with van der Waals surface area (Å²) in [6.45, 7) is 1.45. The van der Waals surface area contributed by atoms with Gasteiger partial charge in [-0.25, -0.2) is 4.98 Å². The average Bonchev–Trinajstić information content (AvgIpc) is 2.96. The molecule has 0 unspecified atom stereocenters. The standard InChI is InChI=1S/C14H14ClN5/c15-6-8-19(10-12-4-2-1-3-5-12)13-14-18-17-11-20(14)9-7-16-13/h1-5,7,9,11H,6,8,10H2. The third-order valence-corrected chi connectivity index (χ3v) is 3.24. The molecule has 0 N–H and O–H groups in total. The maximum Gasteiger partial charge on any atom is 0.203 e. The summed E-state index contributed by atoms with van der Waals surface area (Å²) < 4.78 is 1.86. The third-order valence-electron chi connectivity index (χ3n) is 3.07. The Labute approximate surface area is 121 Å². The number of rotatable bonds is 5. The summed E-state index contributed by atoms with van der Waals surface area (Å²) in [7, 11) is 0. The largest absolute Gasteiger partial charge is 0.348 e. The molecule has 6 heteroatoms. The maximum absolute atomic E-state index is 5.93. The van der Waals surface area contributed by atoms with Crippen LogP contribution in [0.1, 0.15) is 5.56 Å². The lowest BCUT2D eigenvalue weighted by Crippen LogP contribution is -2.26. The summed E-state index contributed by atoms with van der Waals surface area (Å²) in [5, 5.41) is 8.05. The SMILES string of the molecule is ClCCN(Cc1ccccc1)c1nccn2cnnc12. The van der Waals surface area contributed by atoms with Crippen molar-refractivity contribution < 1.29 is 0 Å². The van der Waals surface area contributed by atoms with E-state index in [9.17, 15) is 0 Å². The third kappa shape index (κ3) is 2.58. The summed E-state index contributed by atoms with van der Waals surface area (Å²) in [5.41, 5.74) is 1.95. The van der Waals surface area contributed by atoms with Crippen LogP contribution in [0.3, 0.4) is 0 Å². The summed E-state index contributed by atoms with van der Waals surface area (Å²) >= 11 is 5.93. The van der Waals surface area contributed by atoms with Crippen LogP contribution < -0.4 is 4.90 Å². The van der Waals surface area contributed by atoms with E-state index < -0.39 is 0 Å². The Balaban J connectivity index is 1.96. The van der Waals surface area contributed by atoms with Crippen LogP contribution in [0.4, 0.5) is 5.82 Å². The van der Waals surface area contributed by atoms with Gasteiger partial charge in [0, 0.05) is 31.4 Å². The number of aromatic nitrogens is 4. The number of nitrogens with zero attached hydrogens (tertiary/aromatic N) is 5. The van der Waals surface area contributed by atoms with Crippen LogP contribution in [-0.4, -0.2) is 32.0 Å². The van der Waals surface area contributed by atoms with Crippen molar-refractivity contribution in [2.75, 3.05) is 17.3 Å². The predicted octanol–water partition coefficient (Wildman–Crippen LogP) is 2.37. The number of alkyl halides is 1. The van der Waals surface area contributed by atoms with E-state index in [-0.39, 0.29) is 0 Å². The van der Waals surface area contributed by atoms with Gasteiger partial charge in [0.2, 0.25) is 5.65 Å². The first-order valence-corrected chi connectivity index (χ1v) is 6.91. The molecule has 1 aromatic carbocycles. The molecular weight excluding hydrogens is 274 g/mol. The predicted molar refractivity (Wildman–Crippen MR) is 79.0 cm³/mol. The van der Waals surface area contributed by atoms with E-state index in [0.717, 1.165) is 18.0 Å². The summed E-state index contributed by atoms with van der Waals surface area (Å²) in [4.78, 5) is 6.56. The van der Waals surface area contributed by atoms with Crippen LogP contribution in [0.15, 0.2) is 49.1 Å². The molecule has 2 aromatic heterocycles. The number of benzene rings is 1. The van der Waals surface area contributed by atoms with Gasteiger partial charge < -0.3 is 4.90 Å². The van der Waals surface area contributed by atoms with Crippen LogP contribution >= 0.6 is 11.6 Å². The number of halogens is 1. The summed E-state index contributed by atoms with van der Waals surface area (Å²) in [5.74, 6) is 1.33. The van der Waals surface area contributed by atoms with E-state index >= 15 is 0 Å². The van der Waals surface area contributed by atoms with Gasteiger partial charge in [-0.05, 0) is 5.56 Å². The lowest BCUT2D eigenvalue weighted by atomic mass is 10.2. The molecule has 0 radical (unpaired) electrons. The van der Waals surface area contributed by atoms with E-state index in [1.54, 1.807) is 12.5 Å². The second-order valence-corrected chi connectivity index (χ2v) is 4.79. The number of hydrogen-bond acceptors (Lipinski definition) is 4. The molecule has 20 heavy (non-hydrogen) atoms. The van der Waals surface area contributed by atoms with E-state index in [1.165, 1.54) is 5.56 Å². The average molecular weight is 288 g/mol. The van der Waals surface area contributed by atoms with Crippen LogP contribution in [0, 0.1) is 0 Å². The fourth-order valence-corrected chi connectivity index (χ4v) is 2.34. The topological polar surface area (TPSA) is 46.3 Å². The van der Waals surface area contributed by atoms with Gasteiger partial charge in [-0.2, -0.15) is 0 Å². The molecule has 3 aromatic rings. The Kier molecular flexibility index (Phi) is 3.78. The van der Waals surface area contributed by atoms with Crippen molar-refractivity contribution in [2.45, 2.75) is 6.54 Å². The Morgan fingerprint density at radius 2 is 2.05 bits per heavy atom. The van der Waals surface area contributed by atoms with Crippen LogP contribution in [-0.2, 0) is 6.54 Å². The van der Waals surface area contributed by atoms with Gasteiger partial charge >= 0.3 is 0 Å². The molecule has 0 fully saturated rings. The first-order valence-electron chi connectivity index (χ1n) is 6.37. The first kappa shape index (κ1) is 12.9. The highest BCUT2D eigenvalue weighted by Gasteiger charge is 2.13. The minimum absolute atomic E-state index is 0.531. The van der Waals surface area contributed by atoms with Gasteiger partial charge in [0.25, 0.3) is 0 Å². The zero-order chi connectivity index (χ0) is 13.8. The van der Waals surface area contributed by atoms with Crippen molar-refractivity contribution in [1.82, 2.24) is 19.6 Å². The molecule has 0 saturated heterocycles. The minimum atomic E-state index is 0.531. The van der Waals surface area contributed by atoms with E-state index in [2.05, 4.69) is 32.2 Å². The van der Waals surface area contributed by atoms with Crippen molar-refractivity contribution in [3.8, 4) is 0 Å². The van der Waals surface area contributed by atoms with Crippen molar-refractivity contribution >= 4 is 23.1 Å².